The molecule has 0 radical (unpaired) electrons. The van der Waals surface area contributed by atoms with Crippen molar-refractivity contribution in [2.45, 2.75) is 12.5 Å². The Bertz CT molecular complexity index is 557. The van der Waals surface area contributed by atoms with Crippen molar-refractivity contribution in [3.05, 3.63) is 30.1 Å². The summed E-state index contributed by atoms with van der Waals surface area (Å²) in [5, 5.41) is 14.1. The van der Waals surface area contributed by atoms with Gasteiger partial charge in [-0.15, -0.1) is 0 Å². The summed E-state index contributed by atoms with van der Waals surface area (Å²) in [6.07, 6.45) is 1.68. The van der Waals surface area contributed by atoms with Crippen LogP contribution in [0, 0.1) is 0 Å². The Morgan fingerprint density at radius 1 is 1.37 bits per heavy atom. The fourth-order valence-corrected chi connectivity index (χ4v) is 2.67. The van der Waals surface area contributed by atoms with E-state index in [2.05, 4.69) is 20.2 Å². The number of β-amino-alcohol motifs (C(OH)–C–C–N with tert-alkyl or cyclic N) is 1. The van der Waals surface area contributed by atoms with Gasteiger partial charge in [0.05, 0.1) is 23.0 Å². The van der Waals surface area contributed by atoms with E-state index in [-0.39, 0.29) is 0 Å². The van der Waals surface area contributed by atoms with E-state index in [0.717, 1.165) is 42.8 Å². The first-order chi connectivity index (χ1) is 9.15. The SMILES string of the molecule is CC(O)(CN1CCNCC1)c1ccc2nc[nH]c2c1. The van der Waals surface area contributed by atoms with Crippen LogP contribution >= 0.6 is 0 Å². The number of rotatable bonds is 3. The van der Waals surface area contributed by atoms with Gasteiger partial charge < -0.3 is 15.4 Å². The van der Waals surface area contributed by atoms with Crippen molar-refractivity contribution >= 4 is 11.0 Å². The zero-order chi connectivity index (χ0) is 13.3. The molecule has 1 aliphatic rings. The molecule has 0 amide bonds. The van der Waals surface area contributed by atoms with Crippen LogP contribution in [0.1, 0.15) is 12.5 Å². The molecule has 2 aromatic rings. The smallest absolute Gasteiger partial charge is 0.0995 e. The third-order valence-corrected chi connectivity index (χ3v) is 3.78. The Morgan fingerprint density at radius 2 is 2.16 bits per heavy atom. The molecule has 3 rings (SSSR count). The topological polar surface area (TPSA) is 64.2 Å². The second-order valence-electron chi connectivity index (χ2n) is 5.43. The molecule has 2 heterocycles. The standard InChI is InChI=1S/C14H20N4O/c1-14(19,9-18-6-4-15-5-7-18)11-2-3-12-13(8-11)17-10-16-12/h2-3,8,10,15,19H,4-7,9H2,1H3,(H,16,17). The number of aromatic amines is 1. The molecule has 3 N–H and O–H groups in total. The van der Waals surface area contributed by atoms with Crippen LogP contribution in [0.5, 0.6) is 0 Å². The Labute approximate surface area is 112 Å². The third kappa shape index (κ3) is 2.63. The summed E-state index contributed by atoms with van der Waals surface area (Å²) in [6, 6.07) is 5.91. The fourth-order valence-electron chi connectivity index (χ4n) is 2.67. The molecule has 0 bridgehead atoms. The predicted molar refractivity (Wildman–Crippen MR) is 75.0 cm³/mol. The average molecular weight is 260 g/mol. The zero-order valence-corrected chi connectivity index (χ0v) is 11.2. The lowest BCUT2D eigenvalue weighted by molar-refractivity contribution is 0.0127. The van der Waals surface area contributed by atoms with E-state index in [1.54, 1.807) is 6.33 Å². The van der Waals surface area contributed by atoms with Crippen molar-refractivity contribution in [2.24, 2.45) is 0 Å². The van der Waals surface area contributed by atoms with Gasteiger partial charge in [0.2, 0.25) is 0 Å². The molecule has 1 saturated heterocycles. The minimum absolute atomic E-state index is 0.661. The highest BCUT2D eigenvalue weighted by Gasteiger charge is 2.27. The predicted octanol–water partition coefficient (Wildman–Crippen LogP) is 0.676. The van der Waals surface area contributed by atoms with Crippen molar-refractivity contribution in [1.29, 1.82) is 0 Å². The van der Waals surface area contributed by atoms with Gasteiger partial charge in [0.15, 0.2) is 0 Å². The molecule has 1 unspecified atom stereocenters. The van der Waals surface area contributed by atoms with Gasteiger partial charge >= 0.3 is 0 Å². The number of benzene rings is 1. The lowest BCUT2D eigenvalue weighted by Crippen LogP contribution is -2.48. The minimum atomic E-state index is -0.837. The van der Waals surface area contributed by atoms with Crippen molar-refractivity contribution < 1.29 is 5.11 Å². The minimum Gasteiger partial charge on any atom is -0.384 e. The number of piperazine rings is 1. The molecule has 5 nitrogen and oxygen atoms in total. The van der Waals surface area contributed by atoms with Crippen molar-refractivity contribution in [3.63, 3.8) is 0 Å². The van der Waals surface area contributed by atoms with Gasteiger partial charge in [-0.25, -0.2) is 4.98 Å². The Hall–Kier alpha value is -1.43. The summed E-state index contributed by atoms with van der Waals surface area (Å²) in [6.45, 7) is 6.51. The molecule has 1 aromatic carbocycles. The Morgan fingerprint density at radius 3 is 2.95 bits per heavy atom. The zero-order valence-electron chi connectivity index (χ0n) is 11.2. The van der Waals surface area contributed by atoms with Crippen LogP contribution in [0.4, 0.5) is 0 Å². The van der Waals surface area contributed by atoms with Crippen LogP contribution < -0.4 is 5.32 Å². The van der Waals surface area contributed by atoms with Gasteiger partial charge in [-0.05, 0) is 24.6 Å². The number of aliphatic hydroxyl groups is 1. The van der Waals surface area contributed by atoms with Crippen molar-refractivity contribution in [3.8, 4) is 0 Å². The molecule has 0 spiro atoms. The maximum Gasteiger partial charge on any atom is 0.0995 e. The van der Waals surface area contributed by atoms with Gasteiger partial charge in [-0.1, -0.05) is 6.07 Å². The number of imidazole rings is 1. The summed E-state index contributed by atoms with van der Waals surface area (Å²) in [5.74, 6) is 0. The molecule has 0 aliphatic carbocycles. The van der Waals surface area contributed by atoms with Gasteiger partial charge in [-0.2, -0.15) is 0 Å². The monoisotopic (exact) mass is 260 g/mol. The molecule has 5 heteroatoms. The van der Waals surface area contributed by atoms with Crippen LogP contribution in [0.15, 0.2) is 24.5 Å². The van der Waals surface area contributed by atoms with Gasteiger partial charge in [0.25, 0.3) is 0 Å². The summed E-state index contributed by atoms with van der Waals surface area (Å²) < 4.78 is 0. The lowest BCUT2D eigenvalue weighted by atomic mass is 9.94. The summed E-state index contributed by atoms with van der Waals surface area (Å²) in [5.41, 5.74) is 2.00. The Balaban J connectivity index is 1.81. The quantitative estimate of drug-likeness (QED) is 0.759. The van der Waals surface area contributed by atoms with E-state index in [9.17, 15) is 5.11 Å². The van der Waals surface area contributed by atoms with Crippen LogP contribution in [0.3, 0.4) is 0 Å². The largest absolute Gasteiger partial charge is 0.384 e. The van der Waals surface area contributed by atoms with E-state index >= 15 is 0 Å². The molecule has 19 heavy (non-hydrogen) atoms. The van der Waals surface area contributed by atoms with Gasteiger partial charge in [0, 0.05) is 32.7 Å². The fraction of sp³-hybridized carbons (Fsp3) is 0.500. The molecule has 0 saturated carbocycles. The second-order valence-corrected chi connectivity index (χ2v) is 5.43. The normalized spacial score (nSPS) is 20.5. The highest BCUT2D eigenvalue weighted by atomic mass is 16.3. The first-order valence-electron chi connectivity index (χ1n) is 6.74. The first-order valence-corrected chi connectivity index (χ1v) is 6.74. The summed E-state index contributed by atoms with van der Waals surface area (Å²) >= 11 is 0. The van der Waals surface area contributed by atoms with E-state index in [4.69, 9.17) is 0 Å². The average Bonchev–Trinajstić information content (AvgIpc) is 2.86. The molecule has 1 atom stereocenters. The number of nitrogens with zero attached hydrogens (tertiary/aromatic N) is 2. The third-order valence-electron chi connectivity index (χ3n) is 3.78. The number of hydrogen-bond donors (Lipinski definition) is 3. The number of hydrogen-bond acceptors (Lipinski definition) is 4. The molecular weight excluding hydrogens is 240 g/mol. The molecular formula is C14H20N4O. The van der Waals surface area contributed by atoms with E-state index in [0.29, 0.717) is 6.54 Å². The van der Waals surface area contributed by atoms with Crippen LogP contribution in [0.2, 0.25) is 0 Å². The number of aromatic nitrogens is 2. The molecule has 102 valence electrons. The van der Waals surface area contributed by atoms with Crippen LogP contribution in [0.25, 0.3) is 11.0 Å². The van der Waals surface area contributed by atoms with Crippen LogP contribution in [-0.2, 0) is 5.60 Å². The highest BCUT2D eigenvalue weighted by Crippen LogP contribution is 2.24. The van der Waals surface area contributed by atoms with E-state index in [1.807, 2.05) is 25.1 Å². The number of fused-ring (bicyclic) bond motifs is 1. The lowest BCUT2D eigenvalue weighted by Gasteiger charge is -2.34. The van der Waals surface area contributed by atoms with E-state index in [1.165, 1.54) is 0 Å². The second kappa shape index (κ2) is 4.92. The summed E-state index contributed by atoms with van der Waals surface area (Å²) in [7, 11) is 0. The first kappa shape index (κ1) is 12.6. The van der Waals surface area contributed by atoms with E-state index < -0.39 is 5.60 Å². The molecule has 1 aromatic heterocycles. The van der Waals surface area contributed by atoms with Crippen molar-refractivity contribution in [2.75, 3.05) is 32.7 Å². The maximum absolute atomic E-state index is 10.7. The van der Waals surface area contributed by atoms with Crippen molar-refractivity contribution in [1.82, 2.24) is 20.2 Å². The number of H-pyrrole nitrogens is 1. The maximum atomic E-state index is 10.7. The highest BCUT2D eigenvalue weighted by molar-refractivity contribution is 5.75. The number of nitrogens with one attached hydrogen (secondary N) is 2. The van der Waals surface area contributed by atoms with Crippen LogP contribution in [-0.4, -0.2) is 52.7 Å². The van der Waals surface area contributed by atoms with Gasteiger partial charge in [-0.3, -0.25) is 4.90 Å². The molecule has 1 fully saturated rings. The molecule has 1 aliphatic heterocycles. The van der Waals surface area contributed by atoms with Gasteiger partial charge in [0.1, 0.15) is 0 Å². The summed E-state index contributed by atoms with van der Waals surface area (Å²) in [4.78, 5) is 9.59. The Kier molecular flexibility index (Phi) is 3.26.